The van der Waals surface area contributed by atoms with E-state index in [0.29, 0.717) is 24.3 Å². The summed E-state index contributed by atoms with van der Waals surface area (Å²) < 4.78 is 10.6. The highest BCUT2D eigenvalue weighted by Crippen LogP contribution is 2.24. The van der Waals surface area contributed by atoms with Crippen LogP contribution in [0.2, 0.25) is 0 Å². The van der Waals surface area contributed by atoms with E-state index in [-0.39, 0.29) is 12.2 Å². The lowest BCUT2D eigenvalue weighted by atomic mass is 9.91. The Bertz CT molecular complexity index is 510. The molecular weight excluding hydrogens is 308 g/mol. The van der Waals surface area contributed by atoms with Crippen molar-refractivity contribution < 1.29 is 14.4 Å². The van der Waals surface area contributed by atoms with Gasteiger partial charge in [-0.05, 0) is 39.3 Å². The molecule has 0 radical (unpaired) electrons. The molecule has 136 valence electrons. The standard InChI is InChI=1S/C17H30N4O3/c1-13(23-2)17-18-16(24-19-17)12-20-8-5-9-21(11-10-20)14-6-3-4-7-15(14)22/h13-15,22H,3-12H2,1-2H3. The molecule has 1 aromatic rings. The maximum atomic E-state index is 10.3. The first-order chi connectivity index (χ1) is 11.7. The van der Waals surface area contributed by atoms with Crippen LogP contribution in [0.3, 0.4) is 0 Å². The highest BCUT2D eigenvalue weighted by Gasteiger charge is 2.30. The van der Waals surface area contributed by atoms with Crippen LogP contribution in [0.4, 0.5) is 0 Å². The Morgan fingerprint density at radius 3 is 2.83 bits per heavy atom. The predicted octanol–water partition coefficient (Wildman–Crippen LogP) is 1.59. The van der Waals surface area contributed by atoms with Crippen LogP contribution in [0.25, 0.3) is 0 Å². The predicted molar refractivity (Wildman–Crippen MR) is 89.5 cm³/mol. The summed E-state index contributed by atoms with van der Waals surface area (Å²) in [5.74, 6) is 1.26. The van der Waals surface area contributed by atoms with Crippen molar-refractivity contribution in [3.05, 3.63) is 11.7 Å². The maximum absolute atomic E-state index is 10.3. The summed E-state index contributed by atoms with van der Waals surface area (Å²) in [4.78, 5) is 9.28. The van der Waals surface area contributed by atoms with Gasteiger partial charge >= 0.3 is 0 Å². The third-order valence-corrected chi connectivity index (χ3v) is 5.35. The minimum absolute atomic E-state index is 0.144. The number of ether oxygens (including phenoxy) is 1. The molecule has 1 aliphatic heterocycles. The average molecular weight is 338 g/mol. The maximum Gasteiger partial charge on any atom is 0.240 e. The molecule has 3 rings (SSSR count). The Kier molecular flexibility index (Phi) is 6.21. The second-order valence-electron chi connectivity index (χ2n) is 7.01. The van der Waals surface area contributed by atoms with Crippen LogP contribution in [-0.2, 0) is 11.3 Å². The third kappa shape index (κ3) is 4.33. The Morgan fingerprint density at radius 2 is 2.04 bits per heavy atom. The average Bonchev–Trinajstić information content (AvgIpc) is 2.94. The lowest BCUT2D eigenvalue weighted by Gasteiger charge is -2.37. The van der Waals surface area contributed by atoms with Gasteiger partial charge in [-0.15, -0.1) is 0 Å². The van der Waals surface area contributed by atoms with Crippen molar-refractivity contribution in [2.45, 2.75) is 63.8 Å². The van der Waals surface area contributed by atoms with Crippen LogP contribution >= 0.6 is 0 Å². The van der Waals surface area contributed by atoms with Gasteiger partial charge in [0.1, 0.15) is 6.10 Å². The van der Waals surface area contributed by atoms with Gasteiger partial charge in [0, 0.05) is 26.2 Å². The number of aliphatic hydroxyl groups is 1. The molecule has 0 spiro atoms. The largest absolute Gasteiger partial charge is 0.391 e. The van der Waals surface area contributed by atoms with Gasteiger partial charge in [-0.25, -0.2) is 0 Å². The lowest BCUT2D eigenvalue weighted by Crippen LogP contribution is -2.46. The molecule has 1 saturated carbocycles. The van der Waals surface area contributed by atoms with Crippen molar-refractivity contribution in [2.75, 3.05) is 33.3 Å². The lowest BCUT2D eigenvalue weighted by molar-refractivity contribution is 0.0214. The number of rotatable bonds is 5. The van der Waals surface area contributed by atoms with Crippen molar-refractivity contribution in [1.82, 2.24) is 19.9 Å². The van der Waals surface area contributed by atoms with Crippen molar-refractivity contribution in [3.63, 3.8) is 0 Å². The van der Waals surface area contributed by atoms with E-state index in [1.807, 2.05) is 6.92 Å². The zero-order valence-electron chi connectivity index (χ0n) is 14.9. The number of hydrogen-bond acceptors (Lipinski definition) is 7. The molecule has 1 aromatic heterocycles. The Hall–Kier alpha value is -1.02. The molecule has 1 saturated heterocycles. The minimum Gasteiger partial charge on any atom is -0.391 e. The molecule has 0 aromatic carbocycles. The fourth-order valence-corrected chi connectivity index (χ4v) is 3.79. The van der Waals surface area contributed by atoms with Gasteiger partial charge in [-0.1, -0.05) is 18.0 Å². The molecule has 7 heteroatoms. The van der Waals surface area contributed by atoms with Gasteiger partial charge in [-0.2, -0.15) is 4.98 Å². The van der Waals surface area contributed by atoms with E-state index in [1.54, 1.807) is 7.11 Å². The molecule has 0 bridgehead atoms. The molecular formula is C17H30N4O3. The first kappa shape index (κ1) is 17.8. The quantitative estimate of drug-likeness (QED) is 0.874. The summed E-state index contributed by atoms with van der Waals surface area (Å²) in [6, 6.07) is 0.344. The highest BCUT2D eigenvalue weighted by atomic mass is 16.5. The molecule has 3 atom stereocenters. The second kappa shape index (κ2) is 8.38. The monoisotopic (exact) mass is 338 g/mol. The normalized spacial score (nSPS) is 28.6. The molecule has 7 nitrogen and oxygen atoms in total. The van der Waals surface area contributed by atoms with Gasteiger partial charge in [0.2, 0.25) is 5.89 Å². The summed E-state index contributed by atoms with van der Waals surface area (Å²) in [6.07, 6.45) is 5.30. The van der Waals surface area contributed by atoms with Gasteiger partial charge in [0.15, 0.2) is 5.82 Å². The molecule has 1 N–H and O–H groups in total. The molecule has 24 heavy (non-hydrogen) atoms. The summed E-state index contributed by atoms with van der Waals surface area (Å²) in [5.41, 5.74) is 0. The van der Waals surface area contributed by atoms with Gasteiger partial charge < -0.3 is 14.4 Å². The molecule has 2 fully saturated rings. The highest BCUT2D eigenvalue weighted by molar-refractivity contribution is 4.91. The van der Waals surface area contributed by atoms with E-state index < -0.39 is 0 Å². The number of aromatic nitrogens is 2. The fraction of sp³-hybridized carbons (Fsp3) is 0.882. The zero-order valence-corrected chi connectivity index (χ0v) is 14.9. The summed E-state index contributed by atoms with van der Waals surface area (Å²) in [7, 11) is 1.64. The third-order valence-electron chi connectivity index (χ3n) is 5.35. The Balaban J connectivity index is 1.52. The molecule has 2 heterocycles. The van der Waals surface area contributed by atoms with Gasteiger partial charge in [-0.3, -0.25) is 9.80 Å². The van der Waals surface area contributed by atoms with E-state index in [0.717, 1.165) is 51.9 Å². The van der Waals surface area contributed by atoms with Crippen LogP contribution < -0.4 is 0 Å². The van der Waals surface area contributed by atoms with Crippen molar-refractivity contribution in [2.24, 2.45) is 0 Å². The van der Waals surface area contributed by atoms with Crippen molar-refractivity contribution in [1.29, 1.82) is 0 Å². The Labute approximate surface area is 144 Å². The number of nitrogens with zero attached hydrogens (tertiary/aromatic N) is 4. The van der Waals surface area contributed by atoms with Crippen LogP contribution in [-0.4, -0.2) is 70.5 Å². The van der Waals surface area contributed by atoms with E-state index in [9.17, 15) is 5.11 Å². The number of hydrogen-bond donors (Lipinski definition) is 1. The summed E-state index contributed by atoms with van der Waals surface area (Å²) in [5, 5.41) is 14.3. The van der Waals surface area contributed by atoms with Gasteiger partial charge in [0.25, 0.3) is 0 Å². The van der Waals surface area contributed by atoms with E-state index in [4.69, 9.17) is 9.26 Å². The molecule has 0 amide bonds. The van der Waals surface area contributed by atoms with E-state index in [2.05, 4.69) is 19.9 Å². The van der Waals surface area contributed by atoms with Crippen LogP contribution in [0.5, 0.6) is 0 Å². The second-order valence-corrected chi connectivity index (χ2v) is 7.01. The van der Waals surface area contributed by atoms with E-state index >= 15 is 0 Å². The number of aliphatic hydroxyl groups excluding tert-OH is 1. The van der Waals surface area contributed by atoms with Crippen molar-refractivity contribution in [3.8, 4) is 0 Å². The smallest absolute Gasteiger partial charge is 0.240 e. The van der Waals surface area contributed by atoms with Crippen LogP contribution in [0, 0.1) is 0 Å². The zero-order chi connectivity index (χ0) is 16.9. The van der Waals surface area contributed by atoms with Crippen LogP contribution in [0.15, 0.2) is 4.52 Å². The van der Waals surface area contributed by atoms with Crippen molar-refractivity contribution >= 4 is 0 Å². The Morgan fingerprint density at radius 1 is 1.21 bits per heavy atom. The topological polar surface area (TPSA) is 74.9 Å². The summed E-state index contributed by atoms with van der Waals surface area (Å²) >= 11 is 0. The summed E-state index contributed by atoms with van der Waals surface area (Å²) in [6.45, 7) is 6.65. The first-order valence-corrected chi connectivity index (χ1v) is 9.17. The minimum atomic E-state index is -0.153. The SMILES string of the molecule is COC(C)c1noc(CN2CCCN(C3CCCCC3O)CC2)n1. The van der Waals surface area contributed by atoms with Crippen LogP contribution in [0.1, 0.15) is 56.8 Å². The molecule has 3 unspecified atom stereocenters. The molecule has 2 aliphatic rings. The first-order valence-electron chi connectivity index (χ1n) is 9.17. The number of methoxy groups -OCH3 is 1. The molecule has 1 aliphatic carbocycles. The van der Waals surface area contributed by atoms with Gasteiger partial charge in [0.05, 0.1) is 12.6 Å². The van der Waals surface area contributed by atoms with E-state index in [1.165, 1.54) is 6.42 Å². The fourth-order valence-electron chi connectivity index (χ4n) is 3.79.